The van der Waals surface area contributed by atoms with E-state index in [4.69, 9.17) is 4.43 Å². The molecule has 0 saturated heterocycles. The highest BCUT2D eigenvalue weighted by Gasteiger charge is 2.46. The van der Waals surface area contributed by atoms with Crippen LogP contribution in [-0.2, 0) is 4.43 Å². The summed E-state index contributed by atoms with van der Waals surface area (Å²) in [7, 11) is -2.60. The van der Waals surface area contributed by atoms with E-state index in [-0.39, 0.29) is 0 Å². The molecule has 0 aromatic carbocycles. The second-order valence-corrected chi connectivity index (χ2v) is 16.9. The van der Waals surface area contributed by atoms with Crippen LogP contribution >= 0.6 is 0 Å². The van der Waals surface area contributed by atoms with Gasteiger partial charge in [-0.15, -0.1) is 0 Å². The fourth-order valence-electron chi connectivity index (χ4n) is 2.71. The summed E-state index contributed by atoms with van der Waals surface area (Å²) >= 11 is 0. The topological polar surface area (TPSA) is 9.23 Å². The fraction of sp³-hybridized carbons (Fsp3) is 1.00. The average Bonchev–Trinajstić information content (AvgIpc) is 2.00. The van der Waals surface area contributed by atoms with Crippen LogP contribution in [0.2, 0.25) is 39.3 Å². The summed E-state index contributed by atoms with van der Waals surface area (Å²) in [6, 6.07) is 0. The highest BCUT2D eigenvalue weighted by Crippen LogP contribution is 2.40. The van der Waals surface area contributed by atoms with Gasteiger partial charge in [0.2, 0.25) is 0 Å². The van der Waals surface area contributed by atoms with Crippen LogP contribution in [0.15, 0.2) is 0 Å². The predicted molar refractivity (Wildman–Crippen MR) is 73.6 cm³/mol. The lowest BCUT2D eigenvalue weighted by molar-refractivity contribution is 0.0922. The minimum Gasteiger partial charge on any atom is -0.415 e. The summed E-state index contributed by atoms with van der Waals surface area (Å²) in [5.74, 6) is 0. The van der Waals surface area contributed by atoms with E-state index in [2.05, 4.69) is 39.3 Å². The molecule has 0 aromatic rings. The van der Waals surface area contributed by atoms with Crippen LogP contribution in [-0.4, -0.2) is 21.6 Å². The summed E-state index contributed by atoms with van der Waals surface area (Å²) < 4.78 is 6.63. The van der Waals surface area contributed by atoms with Crippen molar-refractivity contribution in [2.24, 2.45) is 0 Å². The molecular weight excluding hydrogens is 216 g/mol. The third kappa shape index (κ3) is 3.43. The molecule has 0 aliphatic heterocycles. The van der Waals surface area contributed by atoms with Gasteiger partial charge >= 0.3 is 0 Å². The Hall–Kier alpha value is 0.394. The molecule has 0 aromatic heterocycles. The fourth-order valence-corrected chi connectivity index (χ4v) is 8.09. The summed E-state index contributed by atoms with van der Waals surface area (Å²) in [6.45, 7) is 14.5. The molecule has 1 rings (SSSR count). The normalized spacial score (nSPS) is 22.8. The van der Waals surface area contributed by atoms with Crippen molar-refractivity contribution >= 4 is 16.4 Å². The third-order valence-corrected chi connectivity index (χ3v) is 8.07. The molecule has 90 valence electrons. The van der Waals surface area contributed by atoms with Crippen molar-refractivity contribution in [3.8, 4) is 0 Å². The molecule has 0 atom stereocenters. The van der Waals surface area contributed by atoms with Crippen LogP contribution in [0.1, 0.15) is 32.1 Å². The summed E-state index contributed by atoms with van der Waals surface area (Å²) in [5, 5.41) is 0.301. The Morgan fingerprint density at radius 3 is 1.60 bits per heavy atom. The van der Waals surface area contributed by atoms with Gasteiger partial charge < -0.3 is 4.43 Å². The molecule has 1 nitrogen and oxygen atoms in total. The number of hydrogen-bond acceptors (Lipinski definition) is 1. The van der Waals surface area contributed by atoms with Crippen molar-refractivity contribution < 1.29 is 4.43 Å². The first kappa shape index (κ1) is 13.5. The Labute approximate surface area is 97.7 Å². The molecule has 1 saturated carbocycles. The number of hydrogen-bond donors (Lipinski definition) is 0. The predicted octanol–water partition coefficient (Wildman–Crippen LogP) is 4.42. The average molecular weight is 245 g/mol. The zero-order chi connectivity index (χ0) is 11.7. The van der Waals surface area contributed by atoms with E-state index < -0.39 is 16.4 Å². The van der Waals surface area contributed by atoms with Crippen LogP contribution in [0, 0.1) is 0 Å². The molecule has 0 bridgehead atoms. The van der Waals surface area contributed by atoms with Gasteiger partial charge in [0.25, 0.3) is 0 Å². The largest absolute Gasteiger partial charge is 0.415 e. The van der Waals surface area contributed by atoms with Gasteiger partial charge in [-0.1, -0.05) is 38.9 Å². The van der Waals surface area contributed by atoms with Crippen LogP contribution < -0.4 is 0 Å². The minimum atomic E-state index is -1.39. The monoisotopic (exact) mass is 244 g/mol. The molecule has 1 fully saturated rings. The SMILES string of the molecule is C[Si](C)(C)OC1([Si](C)(C)C)CCCCC1. The van der Waals surface area contributed by atoms with E-state index in [0.717, 1.165) is 0 Å². The Balaban J connectivity index is 2.86. The van der Waals surface area contributed by atoms with Gasteiger partial charge in [0, 0.05) is 5.22 Å². The van der Waals surface area contributed by atoms with Crippen LogP contribution in [0.25, 0.3) is 0 Å². The smallest absolute Gasteiger partial charge is 0.184 e. The van der Waals surface area contributed by atoms with E-state index in [1.165, 1.54) is 32.1 Å². The molecule has 0 amide bonds. The first-order valence-electron chi connectivity index (χ1n) is 6.37. The highest BCUT2D eigenvalue weighted by molar-refractivity contribution is 6.80. The van der Waals surface area contributed by atoms with Gasteiger partial charge in [0.15, 0.2) is 8.32 Å². The molecule has 1 aliphatic carbocycles. The molecule has 3 heteroatoms. The quantitative estimate of drug-likeness (QED) is 0.668. The van der Waals surface area contributed by atoms with Crippen molar-refractivity contribution in [1.82, 2.24) is 0 Å². The molecule has 0 radical (unpaired) electrons. The number of rotatable bonds is 3. The second kappa shape index (κ2) is 4.34. The lowest BCUT2D eigenvalue weighted by Crippen LogP contribution is -2.59. The van der Waals surface area contributed by atoms with Gasteiger partial charge in [0.1, 0.15) is 0 Å². The van der Waals surface area contributed by atoms with Crippen molar-refractivity contribution in [2.75, 3.05) is 0 Å². The van der Waals surface area contributed by atoms with E-state index in [9.17, 15) is 0 Å². The van der Waals surface area contributed by atoms with E-state index in [0.29, 0.717) is 5.22 Å². The maximum absolute atomic E-state index is 6.63. The van der Waals surface area contributed by atoms with E-state index >= 15 is 0 Å². The van der Waals surface area contributed by atoms with Gasteiger partial charge in [-0.3, -0.25) is 0 Å². The Bertz CT molecular complexity index is 207. The molecule has 15 heavy (non-hydrogen) atoms. The van der Waals surface area contributed by atoms with Crippen molar-refractivity contribution in [3.63, 3.8) is 0 Å². The van der Waals surface area contributed by atoms with Crippen LogP contribution in [0.3, 0.4) is 0 Å². The van der Waals surface area contributed by atoms with E-state index in [1.807, 2.05) is 0 Å². The van der Waals surface area contributed by atoms with Gasteiger partial charge in [0.05, 0.1) is 8.07 Å². The van der Waals surface area contributed by atoms with Crippen molar-refractivity contribution in [3.05, 3.63) is 0 Å². The summed E-state index contributed by atoms with van der Waals surface area (Å²) in [6.07, 6.45) is 6.84. The maximum atomic E-state index is 6.63. The first-order chi connectivity index (χ1) is 6.66. The zero-order valence-electron chi connectivity index (χ0n) is 11.4. The summed E-state index contributed by atoms with van der Waals surface area (Å²) in [5.41, 5.74) is 0. The highest BCUT2D eigenvalue weighted by atomic mass is 28.4. The Morgan fingerprint density at radius 2 is 1.27 bits per heavy atom. The lowest BCUT2D eigenvalue weighted by Gasteiger charge is -2.49. The lowest BCUT2D eigenvalue weighted by atomic mass is 9.97. The van der Waals surface area contributed by atoms with Crippen LogP contribution in [0.4, 0.5) is 0 Å². The zero-order valence-corrected chi connectivity index (χ0v) is 13.4. The molecular formula is C12H28OSi2. The molecule has 0 unspecified atom stereocenters. The molecule has 0 N–H and O–H groups in total. The minimum absolute atomic E-state index is 0.301. The third-order valence-electron chi connectivity index (χ3n) is 3.53. The standard InChI is InChI=1S/C12H28OSi2/c1-14(2,3)12(13-15(4,5)6)10-8-7-9-11-12/h7-11H2,1-6H3. The van der Waals surface area contributed by atoms with Crippen molar-refractivity contribution in [1.29, 1.82) is 0 Å². The second-order valence-electron chi connectivity index (χ2n) is 7.02. The van der Waals surface area contributed by atoms with Gasteiger partial charge in [-0.05, 0) is 32.5 Å². The van der Waals surface area contributed by atoms with Gasteiger partial charge in [-0.2, -0.15) is 0 Å². The Kier molecular flexibility index (Phi) is 3.89. The molecule has 0 heterocycles. The maximum Gasteiger partial charge on any atom is 0.184 e. The van der Waals surface area contributed by atoms with Crippen molar-refractivity contribution in [2.45, 2.75) is 76.6 Å². The Morgan fingerprint density at radius 1 is 0.800 bits per heavy atom. The van der Waals surface area contributed by atoms with Crippen LogP contribution in [0.5, 0.6) is 0 Å². The molecule has 0 spiro atoms. The summed E-state index contributed by atoms with van der Waals surface area (Å²) in [4.78, 5) is 0. The van der Waals surface area contributed by atoms with E-state index in [1.54, 1.807) is 0 Å². The first-order valence-corrected chi connectivity index (χ1v) is 13.3. The van der Waals surface area contributed by atoms with Gasteiger partial charge in [-0.25, -0.2) is 0 Å². The molecule has 1 aliphatic rings.